The minimum Gasteiger partial charge on any atom is -0.468 e. The largest absolute Gasteiger partial charge is 0.468 e. The molecule has 1 aliphatic rings. The number of esters is 1. The lowest BCUT2D eigenvalue weighted by molar-refractivity contribution is -0.181. The molecule has 0 unspecified atom stereocenters. The van der Waals surface area contributed by atoms with Crippen molar-refractivity contribution in [3.05, 3.63) is 173 Å². The Kier molecular flexibility index (Phi) is 10.8. The van der Waals surface area contributed by atoms with Gasteiger partial charge in [-0.1, -0.05) is 121 Å². The number of nitrogens with two attached hydrogens (primary N) is 1. The topological polar surface area (TPSA) is 128 Å². The number of Topliss-reactive ketones (excluding diaryl/α,β-unsaturated/α-hetero) is 1. The maximum atomic E-state index is 13.9. The number of nitrogens with zero attached hydrogens (tertiary/aromatic N) is 1. The number of nitrogens with one attached hydrogen (secondary N) is 1. The van der Waals surface area contributed by atoms with Gasteiger partial charge in [0, 0.05) is 6.42 Å². The summed E-state index contributed by atoms with van der Waals surface area (Å²) in [5, 5.41) is 3.72. The van der Waals surface area contributed by atoms with Gasteiger partial charge in [0.2, 0.25) is 12.1 Å². The molecule has 0 aliphatic carbocycles. The third-order valence-electron chi connectivity index (χ3n) is 8.61. The monoisotopic (exact) mass is 667 g/mol. The molecular weight excluding hydrogens is 630 g/mol. The lowest BCUT2D eigenvalue weighted by Gasteiger charge is -2.43. The van der Waals surface area contributed by atoms with Crippen molar-refractivity contribution in [2.75, 3.05) is 0 Å². The highest BCUT2D eigenvalue weighted by atomic mass is 16.5. The third kappa shape index (κ3) is 8.14. The summed E-state index contributed by atoms with van der Waals surface area (Å²) in [6, 6.07) is 43.0. The zero-order valence-corrected chi connectivity index (χ0v) is 27.3. The number of amides is 2. The van der Waals surface area contributed by atoms with Crippen LogP contribution in [0, 0.1) is 5.92 Å². The predicted molar refractivity (Wildman–Crippen MR) is 187 cm³/mol. The van der Waals surface area contributed by atoms with Gasteiger partial charge in [0.05, 0.1) is 11.6 Å². The average Bonchev–Trinajstić information content (AvgIpc) is 3.17. The van der Waals surface area contributed by atoms with Crippen LogP contribution in [0.15, 0.2) is 146 Å². The summed E-state index contributed by atoms with van der Waals surface area (Å²) in [5.74, 6) is 3.12. The van der Waals surface area contributed by atoms with Crippen molar-refractivity contribution < 1.29 is 28.7 Å². The molecule has 0 bridgehead atoms. The van der Waals surface area contributed by atoms with Gasteiger partial charge in [0.25, 0.3) is 5.91 Å². The van der Waals surface area contributed by atoms with Crippen LogP contribution in [-0.4, -0.2) is 40.8 Å². The maximum Gasteiger partial charge on any atom is 0.339 e. The first-order chi connectivity index (χ1) is 24.4. The fourth-order valence-electron chi connectivity index (χ4n) is 5.90. The molecule has 1 fully saturated rings. The highest BCUT2D eigenvalue weighted by Gasteiger charge is 2.54. The SMILES string of the molecule is NN1C(=O)[C@H](C(=O)[C@H](Cc2ccccc2)NC(=O)CCc2ccccc2)[C@@H]1Oc1ccc(C(=O)OC(c2ccccc2)c2ccccc2)cc1. The van der Waals surface area contributed by atoms with E-state index in [1.165, 1.54) is 0 Å². The van der Waals surface area contributed by atoms with Crippen LogP contribution in [-0.2, 0) is 32.0 Å². The quantitative estimate of drug-likeness (QED) is 0.0519. The summed E-state index contributed by atoms with van der Waals surface area (Å²) in [4.78, 5) is 53.2. The highest BCUT2D eigenvalue weighted by Crippen LogP contribution is 2.31. The first-order valence-electron chi connectivity index (χ1n) is 16.4. The number of benzene rings is 5. The molecule has 9 heteroatoms. The Bertz CT molecular complexity index is 1870. The van der Waals surface area contributed by atoms with Gasteiger partial charge < -0.3 is 14.8 Å². The summed E-state index contributed by atoms with van der Waals surface area (Å²) in [7, 11) is 0. The second-order valence-electron chi connectivity index (χ2n) is 12.1. The number of carbonyl (C=O) groups excluding carboxylic acids is 4. The number of carbonyl (C=O) groups is 4. The van der Waals surface area contributed by atoms with Gasteiger partial charge >= 0.3 is 5.97 Å². The number of ether oxygens (including phenoxy) is 2. The van der Waals surface area contributed by atoms with Crippen molar-refractivity contribution in [3.63, 3.8) is 0 Å². The molecule has 3 N–H and O–H groups in total. The molecule has 0 spiro atoms. The van der Waals surface area contributed by atoms with Crippen LogP contribution in [0.4, 0.5) is 0 Å². The van der Waals surface area contributed by atoms with Gasteiger partial charge in [-0.15, -0.1) is 0 Å². The number of β-lactam (4-membered cyclic amide) rings is 1. The van der Waals surface area contributed by atoms with E-state index in [-0.39, 0.29) is 24.3 Å². The Labute approximate surface area is 290 Å². The van der Waals surface area contributed by atoms with Crippen molar-refractivity contribution in [3.8, 4) is 5.75 Å². The van der Waals surface area contributed by atoms with E-state index in [0.717, 1.165) is 27.3 Å². The van der Waals surface area contributed by atoms with Crippen LogP contribution in [0.3, 0.4) is 0 Å². The van der Waals surface area contributed by atoms with E-state index in [9.17, 15) is 19.2 Å². The Morgan fingerprint density at radius 1 is 0.700 bits per heavy atom. The van der Waals surface area contributed by atoms with Gasteiger partial charge in [-0.05, 0) is 59.4 Å². The molecule has 3 atom stereocenters. The first kappa shape index (κ1) is 33.8. The second-order valence-corrected chi connectivity index (χ2v) is 12.1. The highest BCUT2D eigenvalue weighted by molar-refractivity contribution is 6.09. The number of hydrogen-bond donors (Lipinski definition) is 2. The molecule has 0 saturated carbocycles. The molecule has 1 saturated heterocycles. The summed E-state index contributed by atoms with van der Waals surface area (Å²) in [6.07, 6.45) is -0.834. The number of hydrazine groups is 1. The van der Waals surface area contributed by atoms with Gasteiger partial charge in [-0.3, -0.25) is 14.4 Å². The lowest BCUT2D eigenvalue weighted by atomic mass is 9.86. The molecule has 0 aromatic heterocycles. The fraction of sp³-hybridized carbons (Fsp3) is 0.171. The molecule has 6 rings (SSSR count). The normalized spacial score (nSPS) is 15.9. The number of hydrogen-bond acceptors (Lipinski definition) is 7. The van der Waals surface area contributed by atoms with E-state index in [4.69, 9.17) is 15.3 Å². The van der Waals surface area contributed by atoms with E-state index in [1.54, 1.807) is 24.3 Å². The molecule has 252 valence electrons. The molecule has 2 amide bonds. The number of rotatable bonds is 14. The van der Waals surface area contributed by atoms with Crippen LogP contribution in [0.2, 0.25) is 0 Å². The molecule has 50 heavy (non-hydrogen) atoms. The summed E-state index contributed by atoms with van der Waals surface area (Å²) in [6.45, 7) is 0. The Balaban J connectivity index is 1.13. The smallest absolute Gasteiger partial charge is 0.339 e. The van der Waals surface area contributed by atoms with Gasteiger partial charge in [0.15, 0.2) is 17.8 Å². The fourth-order valence-corrected chi connectivity index (χ4v) is 5.90. The Morgan fingerprint density at radius 3 is 1.78 bits per heavy atom. The molecular formula is C41H37N3O6. The molecule has 9 nitrogen and oxygen atoms in total. The van der Waals surface area contributed by atoms with E-state index >= 15 is 0 Å². The zero-order chi connectivity index (χ0) is 34.9. The van der Waals surface area contributed by atoms with E-state index < -0.39 is 42.0 Å². The van der Waals surface area contributed by atoms with Crippen molar-refractivity contribution in [1.82, 2.24) is 10.3 Å². The van der Waals surface area contributed by atoms with E-state index in [2.05, 4.69) is 5.32 Å². The van der Waals surface area contributed by atoms with Gasteiger partial charge in [-0.2, -0.15) is 0 Å². The summed E-state index contributed by atoms with van der Waals surface area (Å²) in [5.41, 5.74) is 3.78. The minimum absolute atomic E-state index is 0.177. The number of ketones is 1. The van der Waals surface area contributed by atoms with Crippen LogP contribution in [0.1, 0.15) is 45.1 Å². The van der Waals surface area contributed by atoms with E-state index in [1.807, 2.05) is 121 Å². The average molecular weight is 668 g/mol. The predicted octanol–water partition coefficient (Wildman–Crippen LogP) is 5.60. The Morgan fingerprint density at radius 2 is 1.22 bits per heavy atom. The zero-order valence-electron chi connectivity index (χ0n) is 27.3. The van der Waals surface area contributed by atoms with Crippen molar-refractivity contribution in [1.29, 1.82) is 0 Å². The van der Waals surface area contributed by atoms with Gasteiger partial charge in [-0.25, -0.2) is 15.6 Å². The first-order valence-corrected chi connectivity index (χ1v) is 16.4. The maximum absolute atomic E-state index is 13.9. The second kappa shape index (κ2) is 15.9. The summed E-state index contributed by atoms with van der Waals surface area (Å²) >= 11 is 0. The van der Waals surface area contributed by atoms with Crippen LogP contribution < -0.4 is 15.9 Å². The molecule has 1 heterocycles. The molecule has 5 aromatic carbocycles. The molecule has 5 aromatic rings. The van der Waals surface area contributed by atoms with E-state index in [0.29, 0.717) is 12.2 Å². The Hall–Kier alpha value is -6.06. The van der Waals surface area contributed by atoms with Crippen LogP contribution in [0.5, 0.6) is 5.75 Å². The van der Waals surface area contributed by atoms with Crippen molar-refractivity contribution in [2.45, 2.75) is 37.6 Å². The van der Waals surface area contributed by atoms with Crippen LogP contribution in [0.25, 0.3) is 0 Å². The van der Waals surface area contributed by atoms with Crippen molar-refractivity contribution in [2.24, 2.45) is 11.8 Å². The van der Waals surface area contributed by atoms with Gasteiger partial charge in [0.1, 0.15) is 5.75 Å². The molecule has 1 aliphatic heterocycles. The number of aryl methyl sites for hydroxylation is 1. The minimum atomic E-state index is -1.23. The lowest BCUT2D eigenvalue weighted by Crippen LogP contribution is -2.70. The third-order valence-corrected chi connectivity index (χ3v) is 8.61. The van der Waals surface area contributed by atoms with Crippen molar-refractivity contribution >= 4 is 23.6 Å². The van der Waals surface area contributed by atoms with Crippen LogP contribution >= 0.6 is 0 Å². The summed E-state index contributed by atoms with van der Waals surface area (Å²) < 4.78 is 12.0. The molecule has 0 radical (unpaired) electrons. The standard InChI is InChI=1S/C41H37N3O6/c42-44-39(47)36(37(46)34(27-29-15-7-2-8-16-29)43-35(45)26-21-28-13-5-1-6-14-28)40(44)49-33-24-22-32(23-25-33)41(48)50-38(30-17-9-3-10-18-30)31-19-11-4-12-20-31/h1-20,22-25,34,36,38,40H,21,26-27,42H2,(H,43,45)/t34-,36-,40-/m0/s1.